The average Bonchev–Trinajstić information content (AvgIpc) is 2.42. The van der Waals surface area contributed by atoms with Crippen molar-refractivity contribution in [3.63, 3.8) is 0 Å². The Bertz CT molecular complexity index is 612. The first kappa shape index (κ1) is 14.8. The molecule has 7 nitrogen and oxygen atoms in total. The van der Waals surface area contributed by atoms with Crippen molar-refractivity contribution < 1.29 is 19.5 Å². The molecule has 0 bridgehead atoms. The highest BCUT2D eigenvalue weighted by molar-refractivity contribution is 5.96. The van der Waals surface area contributed by atoms with Crippen LogP contribution in [0, 0.1) is 13.8 Å². The molecular formula is C14H17N3O4. The molecule has 21 heavy (non-hydrogen) atoms. The van der Waals surface area contributed by atoms with Crippen LogP contribution in [0.2, 0.25) is 0 Å². The highest BCUT2D eigenvalue weighted by Gasteiger charge is 2.21. The molecule has 1 aliphatic heterocycles. The summed E-state index contributed by atoms with van der Waals surface area (Å²) >= 11 is 0. The van der Waals surface area contributed by atoms with Crippen molar-refractivity contribution in [3.05, 3.63) is 28.8 Å². The number of anilines is 1. The molecule has 1 heterocycles. The summed E-state index contributed by atoms with van der Waals surface area (Å²) < 4.78 is 0. The van der Waals surface area contributed by atoms with Crippen LogP contribution in [0.1, 0.15) is 21.5 Å². The van der Waals surface area contributed by atoms with Gasteiger partial charge in [-0.05, 0) is 37.1 Å². The molecule has 112 valence electrons. The number of nitrogens with one attached hydrogen (secondary N) is 2. The molecule has 1 aliphatic rings. The Labute approximate surface area is 121 Å². The molecule has 0 unspecified atom stereocenters. The maximum Gasteiger partial charge on any atom is 0.336 e. The van der Waals surface area contributed by atoms with Crippen LogP contribution in [0.5, 0.6) is 0 Å². The molecule has 1 aromatic rings. The zero-order valence-corrected chi connectivity index (χ0v) is 11.9. The van der Waals surface area contributed by atoms with Crippen LogP contribution in [-0.2, 0) is 4.79 Å². The third kappa shape index (κ3) is 3.31. The van der Waals surface area contributed by atoms with Crippen molar-refractivity contribution in [1.82, 2.24) is 10.2 Å². The first-order chi connectivity index (χ1) is 9.88. The van der Waals surface area contributed by atoms with Crippen molar-refractivity contribution in [3.8, 4) is 0 Å². The second-order valence-electron chi connectivity index (χ2n) is 4.97. The van der Waals surface area contributed by atoms with Crippen molar-refractivity contribution in [2.45, 2.75) is 13.8 Å². The highest BCUT2D eigenvalue weighted by Crippen LogP contribution is 2.20. The van der Waals surface area contributed by atoms with Gasteiger partial charge >= 0.3 is 12.0 Å². The molecule has 2 rings (SSSR count). The van der Waals surface area contributed by atoms with E-state index in [1.165, 1.54) is 11.0 Å². The van der Waals surface area contributed by atoms with Gasteiger partial charge in [-0.15, -0.1) is 0 Å². The van der Waals surface area contributed by atoms with E-state index in [0.717, 1.165) is 5.56 Å². The number of aromatic carboxylic acids is 1. The molecule has 3 N–H and O–H groups in total. The van der Waals surface area contributed by atoms with Crippen molar-refractivity contribution >= 4 is 23.6 Å². The monoisotopic (exact) mass is 291 g/mol. The van der Waals surface area contributed by atoms with Gasteiger partial charge in [0.2, 0.25) is 5.91 Å². The molecule has 0 aliphatic carbocycles. The largest absolute Gasteiger partial charge is 0.478 e. The number of hydrogen-bond acceptors (Lipinski definition) is 3. The lowest BCUT2D eigenvalue weighted by Gasteiger charge is -2.27. The van der Waals surface area contributed by atoms with Gasteiger partial charge in [0.1, 0.15) is 6.54 Å². The van der Waals surface area contributed by atoms with Crippen LogP contribution in [0.25, 0.3) is 0 Å². The number of piperazine rings is 1. The summed E-state index contributed by atoms with van der Waals surface area (Å²) in [5, 5.41) is 14.4. The van der Waals surface area contributed by atoms with E-state index in [9.17, 15) is 14.4 Å². The lowest BCUT2D eigenvalue weighted by Crippen LogP contribution is -2.51. The molecule has 1 saturated heterocycles. The minimum Gasteiger partial charge on any atom is -0.478 e. The summed E-state index contributed by atoms with van der Waals surface area (Å²) in [4.78, 5) is 35.9. The lowest BCUT2D eigenvalue weighted by atomic mass is 10.0. The van der Waals surface area contributed by atoms with Gasteiger partial charge in [-0.3, -0.25) is 4.79 Å². The molecule has 0 saturated carbocycles. The van der Waals surface area contributed by atoms with Crippen LogP contribution in [-0.4, -0.2) is 47.5 Å². The minimum atomic E-state index is -1.04. The third-order valence-corrected chi connectivity index (χ3v) is 3.47. The Kier molecular flexibility index (Phi) is 4.11. The third-order valence-electron chi connectivity index (χ3n) is 3.47. The van der Waals surface area contributed by atoms with Gasteiger partial charge < -0.3 is 20.6 Å². The Balaban J connectivity index is 2.17. The van der Waals surface area contributed by atoms with Crippen molar-refractivity contribution in [2.24, 2.45) is 0 Å². The number of amides is 3. The SMILES string of the molecule is Cc1cc(NC(=O)N2CCNC(=O)C2)cc(C(=O)O)c1C. The van der Waals surface area contributed by atoms with E-state index in [1.807, 2.05) is 0 Å². The normalized spacial score (nSPS) is 14.6. The number of rotatable bonds is 2. The fourth-order valence-corrected chi connectivity index (χ4v) is 2.17. The molecule has 0 radical (unpaired) electrons. The number of carbonyl (C=O) groups excluding carboxylic acids is 2. The van der Waals surface area contributed by atoms with Gasteiger partial charge in [0.25, 0.3) is 0 Å². The van der Waals surface area contributed by atoms with Crippen LogP contribution in [0.4, 0.5) is 10.5 Å². The second-order valence-corrected chi connectivity index (χ2v) is 4.97. The molecule has 0 aromatic heterocycles. The first-order valence-corrected chi connectivity index (χ1v) is 6.55. The summed E-state index contributed by atoms with van der Waals surface area (Å²) in [6.07, 6.45) is 0. The minimum absolute atomic E-state index is 0.00244. The van der Waals surface area contributed by atoms with Gasteiger partial charge in [-0.2, -0.15) is 0 Å². The summed E-state index contributed by atoms with van der Waals surface area (Å²) in [6, 6.07) is 2.72. The summed E-state index contributed by atoms with van der Waals surface area (Å²) in [5.41, 5.74) is 2.01. The second kappa shape index (κ2) is 5.82. The van der Waals surface area contributed by atoms with E-state index in [-0.39, 0.29) is 18.0 Å². The van der Waals surface area contributed by atoms with Gasteiger partial charge in [0.15, 0.2) is 0 Å². The predicted octanol–water partition coefficient (Wildman–Crippen LogP) is 0.965. The van der Waals surface area contributed by atoms with E-state index in [2.05, 4.69) is 10.6 Å². The van der Waals surface area contributed by atoms with Gasteiger partial charge in [0, 0.05) is 18.8 Å². The predicted molar refractivity (Wildman–Crippen MR) is 76.5 cm³/mol. The number of carboxylic acids is 1. The van der Waals surface area contributed by atoms with Gasteiger partial charge in [-0.1, -0.05) is 0 Å². The number of urea groups is 1. The standard InChI is InChI=1S/C14H17N3O4/c1-8-5-10(6-11(9(8)2)13(19)20)16-14(21)17-4-3-15-12(18)7-17/h5-6H,3-4,7H2,1-2H3,(H,15,18)(H,16,21)(H,19,20). The van der Waals surface area contributed by atoms with Crippen LogP contribution < -0.4 is 10.6 Å². The molecule has 0 atom stereocenters. The topological polar surface area (TPSA) is 98.7 Å². The van der Waals surface area contributed by atoms with Gasteiger partial charge in [0.05, 0.1) is 5.56 Å². The Hall–Kier alpha value is -2.57. The molecule has 7 heteroatoms. The number of carbonyl (C=O) groups is 3. The number of nitrogens with zero attached hydrogens (tertiary/aromatic N) is 1. The van der Waals surface area contributed by atoms with E-state index >= 15 is 0 Å². The fraction of sp³-hybridized carbons (Fsp3) is 0.357. The van der Waals surface area contributed by atoms with Crippen LogP contribution >= 0.6 is 0 Å². The van der Waals surface area contributed by atoms with Crippen LogP contribution in [0.15, 0.2) is 12.1 Å². The lowest BCUT2D eigenvalue weighted by molar-refractivity contribution is -0.123. The van der Waals surface area contributed by atoms with Crippen molar-refractivity contribution in [1.29, 1.82) is 0 Å². The molecule has 1 aromatic carbocycles. The first-order valence-electron chi connectivity index (χ1n) is 6.55. The Morgan fingerprint density at radius 3 is 2.67 bits per heavy atom. The fourth-order valence-electron chi connectivity index (χ4n) is 2.17. The van der Waals surface area contributed by atoms with Gasteiger partial charge in [-0.25, -0.2) is 9.59 Å². The van der Waals surface area contributed by atoms with E-state index < -0.39 is 12.0 Å². The maximum absolute atomic E-state index is 12.1. The summed E-state index contributed by atoms with van der Waals surface area (Å²) in [6.45, 7) is 4.35. The van der Waals surface area contributed by atoms with Crippen molar-refractivity contribution in [2.75, 3.05) is 25.0 Å². The summed E-state index contributed by atoms with van der Waals surface area (Å²) in [7, 11) is 0. The highest BCUT2D eigenvalue weighted by atomic mass is 16.4. The Morgan fingerprint density at radius 1 is 1.33 bits per heavy atom. The Morgan fingerprint density at radius 2 is 2.05 bits per heavy atom. The maximum atomic E-state index is 12.1. The van der Waals surface area contributed by atoms with E-state index in [1.54, 1.807) is 19.9 Å². The smallest absolute Gasteiger partial charge is 0.336 e. The van der Waals surface area contributed by atoms with E-state index in [4.69, 9.17) is 5.11 Å². The molecule has 0 spiro atoms. The zero-order chi connectivity index (χ0) is 15.6. The number of benzene rings is 1. The molecule has 1 fully saturated rings. The zero-order valence-electron chi connectivity index (χ0n) is 11.9. The number of hydrogen-bond donors (Lipinski definition) is 3. The average molecular weight is 291 g/mol. The quantitative estimate of drug-likeness (QED) is 0.756. The number of aryl methyl sites for hydroxylation is 1. The van der Waals surface area contributed by atoms with E-state index in [0.29, 0.717) is 24.3 Å². The van der Waals surface area contributed by atoms with Crippen LogP contribution in [0.3, 0.4) is 0 Å². The molecular weight excluding hydrogens is 274 g/mol. The molecule has 3 amide bonds. The number of carboxylic acid groups (broad SMARTS) is 1. The summed E-state index contributed by atoms with van der Waals surface area (Å²) in [5.74, 6) is -1.24.